The molecule has 12 heavy (non-hydrogen) atoms. The molecule has 1 rings (SSSR count). The molecule has 0 saturated heterocycles. The van der Waals surface area contributed by atoms with Crippen LogP contribution in [0.15, 0.2) is 0 Å². The van der Waals surface area contributed by atoms with Crippen molar-refractivity contribution < 1.29 is 0 Å². The topological polar surface area (TPSA) is 12.0 Å². The second-order valence-corrected chi connectivity index (χ2v) is 3.81. The number of rotatable bonds is 3. The number of nitrogens with one attached hydrogen (secondary N) is 1. The highest BCUT2D eigenvalue weighted by Gasteiger charge is 2.13. The van der Waals surface area contributed by atoms with Crippen molar-refractivity contribution in [3.8, 4) is 0 Å². The van der Waals surface area contributed by atoms with Crippen LogP contribution in [0.25, 0.3) is 0 Å². The third kappa shape index (κ3) is 4.32. The van der Waals surface area contributed by atoms with Crippen molar-refractivity contribution >= 4 is 12.4 Å². The first-order chi connectivity index (χ1) is 5.33. The van der Waals surface area contributed by atoms with Crippen molar-refractivity contribution in [3.63, 3.8) is 0 Å². The maximum atomic E-state index is 3.67. The van der Waals surface area contributed by atoms with Gasteiger partial charge in [-0.25, -0.2) is 0 Å². The largest absolute Gasteiger partial charge is 0.312 e. The second-order valence-electron chi connectivity index (χ2n) is 3.81. The Morgan fingerprint density at radius 3 is 2.33 bits per heavy atom. The number of hydrogen-bond donors (Lipinski definition) is 1. The lowest BCUT2D eigenvalue weighted by molar-refractivity contribution is 0.340. The predicted molar refractivity (Wildman–Crippen MR) is 57.0 cm³/mol. The van der Waals surface area contributed by atoms with E-state index in [9.17, 15) is 0 Å². The second kappa shape index (κ2) is 6.73. The SMILES string of the molecule is CCC(C)NC1CCCCC1.Cl. The third-order valence-corrected chi connectivity index (χ3v) is 2.74. The molecule has 1 aliphatic carbocycles. The highest BCUT2D eigenvalue weighted by atomic mass is 35.5. The standard InChI is InChI=1S/C10H21N.ClH/c1-3-9(2)11-10-7-5-4-6-8-10;/h9-11H,3-8H2,1-2H3;1H. The molecule has 0 aromatic rings. The van der Waals surface area contributed by atoms with Crippen molar-refractivity contribution in [2.24, 2.45) is 0 Å². The molecular formula is C10H22ClN. The van der Waals surface area contributed by atoms with Gasteiger partial charge in [-0.2, -0.15) is 0 Å². The first-order valence-electron chi connectivity index (χ1n) is 5.09. The van der Waals surface area contributed by atoms with E-state index in [0.29, 0.717) is 0 Å². The van der Waals surface area contributed by atoms with E-state index in [4.69, 9.17) is 0 Å². The van der Waals surface area contributed by atoms with E-state index in [2.05, 4.69) is 19.2 Å². The summed E-state index contributed by atoms with van der Waals surface area (Å²) in [6, 6.07) is 1.55. The minimum absolute atomic E-state index is 0. The molecular weight excluding hydrogens is 170 g/mol. The smallest absolute Gasteiger partial charge is 0.00695 e. The van der Waals surface area contributed by atoms with Crippen LogP contribution in [0.3, 0.4) is 0 Å². The molecule has 74 valence electrons. The van der Waals surface area contributed by atoms with E-state index in [1.165, 1.54) is 38.5 Å². The van der Waals surface area contributed by atoms with E-state index >= 15 is 0 Å². The Labute approximate surface area is 82.7 Å². The van der Waals surface area contributed by atoms with E-state index < -0.39 is 0 Å². The highest BCUT2D eigenvalue weighted by Crippen LogP contribution is 2.17. The van der Waals surface area contributed by atoms with Gasteiger partial charge in [-0.05, 0) is 26.2 Å². The van der Waals surface area contributed by atoms with Crippen LogP contribution < -0.4 is 5.32 Å². The molecule has 1 unspecified atom stereocenters. The minimum atomic E-state index is 0. The van der Waals surface area contributed by atoms with Gasteiger partial charge in [0, 0.05) is 12.1 Å². The Morgan fingerprint density at radius 2 is 1.83 bits per heavy atom. The Bertz CT molecular complexity index is 100. The fraction of sp³-hybridized carbons (Fsp3) is 1.00. The van der Waals surface area contributed by atoms with Crippen LogP contribution in [0.4, 0.5) is 0 Å². The van der Waals surface area contributed by atoms with Gasteiger partial charge in [0.25, 0.3) is 0 Å². The van der Waals surface area contributed by atoms with Gasteiger partial charge in [-0.3, -0.25) is 0 Å². The number of halogens is 1. The Balaban J connectivity index is 0.00000121. The van der Waals surface area contributed by atoms with Crippen molar-refractivity contribution in [1.82, 2.24) is 5.32 Å². The monoisotopic (exact) mass is 191 g/mol. The van der Waals surface area contributed by atoms with Crippen LogP contribution in [0.1, 0.15) is 52.4 Å². The average Bonchev–Trinajstić information content (AvgIpc) is 2.06. The van der Waals surface area contributed by atoms with Gasteiger partial charge in [0.2, 0.25) is 0 Å². The summed E-state index contributed by atoms with van der Waals surface area (Å²) in [6.07, 6.45) is 8.41. The predicted octanol–water partition coefficient (Wildman–Crippen LogP) is 3.13. The maximum absolute atomic E-state index is 3.67. The summed E-state index contributed by atoms with van der Waals surface area (Å²) < 4.78 is 0. The molecule has 0 aliphatic heterocycles. The molecule has 2 heteroatoms. The molecule has 0 aromatic carbocycles. The van der Waals surface area contributed by atoms with Crippen LogP contribution in [0.2, 0.25) is 0 Å². The van der Waals surface area contributed by atoms with Crippen LogP contribution in [0.5, 0.6) is 0 Å². The van der Waals surface area contributed by atoms with Gasteiger partial charge in [0.05, 0.1) is 0 Å². The van der Waals surface area contributed by atoms with Crippen molar-refractivity contribution in [1.29, 1.82) is 0 Å². The number of hydrogen-bond acceptors (Lipinski definition) is 1. The minimum Gasteiger partial charge on any atom is -0.312 e. The molecule has 1 saturated carbocycles. The lowest BCUT2D eigenvalue weighted by Gasteiger charge is -2.25. The van der Waals surface area contributed by atoms with Gasteiger partial charge >= 0.3 is 0 Å². The van der Waals surface area contributed by atoms with E-state index in [0.717, 1.165) is 12.1 Å². The van der Waals surface area contributed by atoms with Gasteiger partial charge in [0.15, 0.2) is 0 Å². The van der Waals surface area contributed by atoms with Crippen molar-refractivity contribution in [2.45, 2.75) is 64.5 Å². The van der Waals surface area contributed by atoms with Gasteiger partial charge < -0.3 is 5.32 Å². The Hall–Kier alpha value is 0.250. The lowest BCUT2D eigenvalue weighted by Crippen LogP contribution is -2.37. The third-order valence-electron chi connectivity index (χ3n) is 2.74. The van der Waals surface area contributed by atoms with E-state index in [1.807, 2.05) is 0 Å². The average molecular weight is 192 g/mol. The zero-order chi connectivity index (χ0) is 8.10. The summed E-state index contributed by atoms with van der Waals surface area (Å²) in [5.41, 5.74) is 0. The molecule has 1 aliphatic rings. The first-order valence-corrected chi connectivity index (χ1v) is 5.09. The molecule has 0 spiro atoms. The molecule has 1 fully saturated rings. The molecule has 0 heterocycles. The summed E-state index contributed by atoms with van der Waals surface area (Å²) in [7, 11) is 0. The van der Waals surface area contributed by atoms with Crippen molar-refractivity contribution in [3.05, 3.63) is 0 Å². The first kappa shape index (κ1) is 12.2. The van der Waals surface area contributed by atoms with Gasteiger partial charge in [-0.15, -0.1) is 12.4 Å². The quantitative estimate of drug-likeness (QED) is 0.723. The summed E-state index contributed by atoms with van der Waals surface area (Å²) in [5, 5.41) is 3.67. The molecule has 1 nitrogen and oxygen atoms in total. The normalized spacial score (nSPS) is 21.5. The fourth-order valence-electron chi connectivity index (χ4n) is 1.79. The zero-order valence-corrected chi connectivity index (χ0v) is 9.12. The summed E-state index contributed by atoms with van der Waals surface area (Å²) >= 11 is 0. The molecule has 0 radical (unpaired) electrons. The molecule has 0 amide bonds. The lowest BCUT2D eigenvalue weighted by atomic mass is 9.95. The molecule has 0 aromatic heterocycles. The highest BCUT2D eigenvalue weighted by molar-refractivity contribution is 5.85. The molecule has 1 N–H and O–H groups in total. The zero-order valence-electron chi connectivity index (χ0n) is 8.31. The van der Waals surface area contributed by atoms with E-state index in [1.54, 1.807) is 0 Å². The van der Waals surface area contributed by atoms with Crippen LogP contribution in [0, 0.1) is 0 Å². The summed E-state index contributed by atoms with van der Waals surface area (Å²) in [4.78, 5) is 0. The Morgan fingerprint density at radius 1 is 1.25 bits per heavy atom. The Kier molecular flexibility index (Phi) is 6.87. The van der Waals surface area contributed by atoms with Crippen LogP contribution in [-0.4, -0.2) is 12.1 Å². The molecule has 0 bridgehead atoms. The summed E-state index contributed by atoms with van der Waals surface area (Å²) in [6.45, 7) is 4.54. The maximum Gasteiger partial charge on any atom is 0.00695 e. The summed E-state index contributed by atoms with van der Waals surface area (Å²) in [5.74, 6) is 0. The van der Waals surface area contributed by atoms with Crippen molar-refractivity contribution in [2.75, 3.05) is 0 Å². The van der Waals surface area contributed by atoms with Gasteiger partial charge in [-0.1, -0.05) is 26.2 Å². The van der Waals surface area contributed by atoms with Crippen LogP contribution in [-0.2, 0) is 0 Å². The van der Waals surface area contributed by atoms with Crippen LogP contribution >= 0.6 is 12.4 Å². The van der Waals surface area contributed by atoms with E-state index in [-0.39, 0.29) is 12.4 Å². The molecule has 1 atom stereocenters. The fourth-order valence-corrected chi connectivity index (χ4v) is 1.79. The van der Waals surface area contributed by atoms with Gasteiger partial charge in [0.1, 0.15) is 0 Å².